The first-order valence-corrected chi connectivity index (χ1v) is 8.11. The lowest BCUT2D eigenvalue weighted by molar-refractivity contribution is 0.174. The van der Waals surface area contributed by atoms with Crippen LogP contribution in [0.5, 0.6) is 11.5 Å². The van der Waals surface area contributed by atoms with Crippen molar-refractivity contribution in [2.24, 2.45) is 11.8 Å². The normalized spacial score (nSPS) is 32.3. The quantitative estimate of drug-likeness (QED) is 0.777. The topological polar surface area (TPSA) is 18.5 Å². The van der Waals surface area contributed by atoms with Crippen LogP contribution in [0, 0.1) is 11.8 Å². The first kappa shape index (κ1) is 11.4. The third-order valence-electron chi connectivity index (χ3n) is 6.04. The van der Waals surface area contributed by atoms with Crippen molar-refractivity contribution in [1.29, 1.82) is 0 Å². The van der Waals surface area contributed by atoms with E-state index in [1.165, 1.54) is 23.1 Å². The van der Waals surface area contributed by atoms with E-state index in [1.807, 2.05) is 0 Å². The third kappa shape index (κ3) is 1.23. The molecule has 0 spiro atoms. The summed E-state index contributed by atoms with van der Waals surface area (Å²) in [6.45, 7) is 0.369. The first-order chi connectivity index (χ1) is 10.9. The van der Waals surface area contributed by atoms with Gasteiger partial charge in [-0.15, -0.1) is 0 Å². The molecule has 1 aliphatic heterocycles. The summed E-state index contributed by atoms with van der Waals surface area (Å²) in [5, 5.41) is 0. The Labute approximate surface area is 129 Å². The second-order valence-corrected chi connectivity index (χ2v) is 6.87. The number of hydrogen-bond acceptors (Lipinski definition) is 2. The maximum atomic E-state index is 5.59. The fourth-order valence-corrected chi connectivity index (χ4v) is 5.13. The molecule has 3 aliphatic carbocycles. The van der Waals surface area contributed by atoms with Gasteiger partial charge < -0.3 is 9.47 Å². The second-order valence-electron chi connectivity index (χ2n) is 6.87. The summed E-state index contributed by atoms with van der Waals surface area (Å²) in [6.07, 6.45) is 3.80. The van der Waals surface area contributed by atoms with E-state index in [2.05, 4.69) is 48.5 Å². The summed E-state index contributed by atoms with van der Waals surface area (Å²) < 4.78 is 11.2. The fourth-order valence-electron chi connectivity index (χ4n) is 5.13. The lowest BCUT2D eigenvalue weighted by Crippen LogP contribution is -2.29. The molecule has 108 valence electrons. The molecule has 4 aliphatic rings. The lowest BCUT2D eigenvalue weighted by Gasteiger charge is -2.40. The summed E-state index contributed by atoms with van der Waals surface area (Å²) in [6, 6.07) is 15.4. The van der Waals surface area contributed by atoms with Crippen LogP contribution in [0.15, 0.2) is 48.5 Å². The molecule has 0 amide bonds. The van der Waals surface area contributed by atoms with Crippen molar-refractivity contribution in [3.63, 3.8) is 0 Å². The molecule has 0 saturated heterocycles. The van der Waals surface area contributed by atoms with Crippen LogP contribution >= 0.6 is 0 Å². The van der Waals surface area contributed by atoms with E-state index in [9.17, 15) is 0 Å². The molecule has 22 heavy (non-hydrogen) atoms. The van der Waals surface area contributed by atoms with E-state index in [0.717, 1.165) is 17.4 Å². The molecule has 2 aromatic rings. The highest BCUT2D eigenvalue weighted by Crippen LogP contribution is 2.68. The Kier molecular flexibility index (Phi) is 1.94. The molecule has 2 aromatic carbocycles. The predicted molar refractivity (Wildman–Crippen MR) is 84.1 cm³/mol. The smallest absolute Gasteiger partial charge is 0.231 e. The van der Waals surface area contributed by atoms with Gasteiger partial charge in [-0.25, -0.2) is 0 Å². The van der Waals surface area contributed by atoms with E-state index in [-0.39, 0.29) is 0 Å². The van der Waals surface area contributed by atoms with Crippen LogP contribution in [0.2, 0.25) is 0 Å². The number of hydrogen-bond donors (Lipinski definition) is 0. The van der Waals surface area contributed by atoms with Crippen molar-refractivity contribution in [3.8, 4) is 11.5 Å². The van der Waals surface area contributed by atoms with E-state index >= 15 is 0 Å². The molecule has 0 radical (unpaired) electrons. The van der Waals surface area contributed by atoms with E-state index in [4.69, 9.17) is 9.47 Å². The van der Waals surface area contributed by atoms with E-state index < -0.39 is 0 Å². The molecule has 1 heterocycles. The molecule has 2 unspecified atom stereocenters. The van der Waals surface area contributed by atoms with Crippen LogP contribution in [-0.4, -0.2) is 6.79 Å². The summed E-state index contributed by atoms with van der Waals surface area (Å²) in [5.41, 5.74) is 5.98. The average Bonchev–Trinajstić information content (AvgIpc) is 3.17. The Morgan fingerprint density at radius 1 is 0.864 bits per heavy atom. The van der Waals surface area contributed by atoms with Gasteiger partial charge in [0.15, 0.2) is 11.5 Å². The fraction of sp³-hybridized carbons (Fsp3) is 0.300. The minimum Gasteiger partial charge on any atom is -0.454 e. The lowest BCUT2D eigenvalue weighted by atomic mass is 9.63. The molecule has 1 saturated carbocycles. The summed E-state index contributed by atoms with van der Waals surface area (Å²) in [4.78, 5) is 0. The molecule has 2 heteroatoms. The highest BCUT2D eigenvalue weighted by molar-refractivity contribution is 5.77. The van der Waals surface area contributed by atoms with Crippen LogP contribution in [0.4, 0.5) is 0 Å². The second kappa shape index (κ2) is 3.75. The molecule has 1 fully saturated rings. The van der Waals surface area contributed by atoms with Gasteiger partial charge in [0.1, 0.15) is 0 Å². The number of ether oxygens (including phenoxy) is 2. The van der Waals surface area contributed by atoms with Gasteiger partial charge >= 0.3 is 0 Å². The van der Waals surface area contributed by atoms with Crippen molar-refractivity contribution in [1.82, 2.24) is 0 Å². The van der Waals surface area contributed by atoms with Crippen molar-refractivity contribution >= 4 is 5.57 Å². The van der Waals surface area contributed by atoms with Crippen molar-refractivity contribution in [2.45, 2.75) is 18.3 Å². The van der Waals surface area contributed by atoms with Crippen LogP contribution in [0.1, 0.15) is 34.9 Å². The SMILES string of the molecule is C1=C(c2ccccc2)C2C1[C@@H]1C[C@H]2c2cc3c(cc21)OCO3. The first-order valence-electron chi connectivity index (χ1n) is 8.11. The Morgan fingerprint density at radius 3 is 2.36 bits per heavy atom. The molecule has 0 aromatic heterocycles. The van der Waals surface area contributed by atoms with Crippen LogP contribution in [0.25, 0.3) is 5.57 Å². The standard InChI is InChI=1S/C20H16O2/c1-2-4-11(5-3-1)12-6-16-13-7-17(20(12)16)15-9-19-18(8-14(13)15)21-10-22-19/h1-6,8-9,13,16-17,20H,7,10H2/t13-,16?,17+,20?/m1/s1. The minimum atomic E-state index is 0.369. The molecular formula is C20H16O2. The summed E-state index contributed by atoms with van der Waals surface area (Å²) >= 11 is 0. The molecule has 2 nitrogen and oxygen atoms in total. The van der Waals surface area contributed by atoms with Crippen molar-refractivity contribution < 1.29 is 9.47 Å². The largest absolute Gasteiger partial charge is 0.454 e. The highest BCUT2D eigenvalue weighted by Gasteiger charge is 2.55. The van der Waals surface area contributed by atoms with Gasteiger partial charge in [-0.2, -0.15) is 0 Å². The number of benzene rings is 2. The maximum Gasteiger partial charge on any atom is 0.231 e. The van der Waals surface area contributed by atoms with Gasteiger partial charge in [-0.3, -0.25) is 0 Å². The van der Waals surface area contributed by atoms with Gasteiger partial charge in [-0.05, 0) is 64.5 Å². The molecule has 2 bridgehead atoms. The zero-order valence-electron chi connectivity index (χ0n) is 12.2. The Balaban J connectivity index is 1.45. The Morgan fingerprint density at radius 2 is 1.59 bits per heavy atom. The van der Waals surface area contributed by atoms with Crippen LogP contribution < -0.4 is 9.47 Å². The van der Waals surface area contributed by atoms with Crippen molar-refractivity contribution in [2.75, 3.05) is 6.79 Å². The monoisotopic (exact) mass is 288 g/mol. The summed E-state index contributed by atoms with van der Waals surface area (Å²) in [7, 11) is 0. The van der Waals surface area contributed by atoms with Gasteiger partial charge in [-0.1, -0.05) is 36.4 Å². The average molecular weight is 288 g/mol. The van der Waals surface area contributed by atoms with Gasteiger partial charge in [0.25, 0.3) is 0 Å². The van der Waals surface area contributed by atoms with Crippen molar-refractivity contribution in [3.05, 3.63) is 65.2 Å². The number of fused-ring (bicyclic) bond motifs is 9. The van der Waals surface area contributed by atoms with Crippen LogP contribution in [0.3, 0.4) is 0 Å². The molecular weight excluding hydrogens is 272 g/mol. The Bertz CT molecular complexity index is 821. The molecule has 4 atom stereocenters. The van der Waals surface area contributed by atoms with Gasteiger partial charge in [0.05, 0.1) is 0 Å². The van der Waals surface area contributed by atoms with E-state index in [0.29, 0.717) is 24.5 Å². The van der Waals surface area contributed by atoms with E-state index in [1.54, 1.807) is 5.57 Å². The number of allylic oxidation sites excluding steroid dienone is 2. The highest BCUT2D eigenvalue weighted by atomic mass is 16.7. The van der Waals surface area contributed by atoms with Gasteiger partial charge in [0, 0.05) is 0 Å². The Hall–Kier alpha value is -2.22. The molecule has 0 N–H and O–H groups in total. The maximum absolute atomic E-state index is 5.59. The summed E-state index contributed by atoms with van der Waals surface area (Å²) in [5.74, 6) is 4.67. The van der Waals surface area contributed by atoms with Gasteiger partial charge in [0.2, 0.25) is 6.79 Å². The third-order valence-corrected chi connectivity index (χ3v) is 6.04. The zero-order chi connectivity index (χ0) is 14.3. The zero-order valence-corrected chi connectivity index (χ0v) is 12.2. The van der Waals surface area contributed by atoms with Crippen LogP contribution in [-0.2, 0) is 0 Å². The predicted octanol–water partition coefficient (Wildman–Crippen LogP) is 4.33. The minimum absolute atomic E-state index is 0.369. The molecule has 6 rings (SSSR count). The number of rotatable bonds is 1.